The van der Waals surface area contributed by atoms with Crippen molar-refractivity contribution in [3.63, 3.8) is 0 Å². The number of carbonyl (C=O) groups is 2. The molecule has 6 nitrogen and oxygen atoms in total. The molecular formula is C13H13N3O3. The van der Waals surface area contributed by atoms with Crippen LogP contribution in [0.5, 0.6) is 0 Å². The van der Waals surface area contributed by atoms with E-state index in [1.54, 1.807) is 18.2 Å². The van der Waals surface area contributed by atoms with Gasteiger partial charge in [0.15, 0.2) is 5.58 Å². The Hall–Kier alpha value is -2.37. The number of hydrogen-bond acceptors (Lipinski definition) is 5. The maximum atomic E-state index is 11.7. The quantitative estimate of drug-likeness (QED) is 0.651. The van der Waals surface area contributed by atoms with Crippen LogP contribution < -0.4 is 5.73 Å². The minimum Gasteiger partial charge on any atom is -0.439 e. The molecular weight excluding hydrogens is 246 g/mol. The van der Waals surface area contributed by atoms with Gasteiger partial charge in [-0.2, -0.15) is 0 Å². The Morgan fingerprint density at radius 2 is 2.00 bits per heavy atom. The lowest BCUT2D eigenvalue weighted by Crippen LogP contribution is -2.39. The Balaban J connectivity index is 1.88. The van der Waals surface area contributed by atoms with Gasteiger partial charge in [-0.15, -0.1) is 0 Å². The molecule has 2 heterocycles. The Bertz CT molecular complexity index is 646. The Labute approximate surface area is 109 Å². The molecule has 2 amide bonds. The van der Waals surface area contributed by atoms with Crippen molar-refractivity contribution >= 4 is 28.6 Å². The van der Waals surface area contributed by atoms with Crippen molar-refractivity contribution in [2.75, 3.05) is 5.73 Å². The largest absolute Gasteiger partial charge is 0.439 e. The van der Waals surface area contributed by atoms with Crippen LogP contribution in [-0.4, -0.2) is 21.7 Å². The first-order valence-corrected chi connectivity index (χ1v) is 6.11. The van der Waals surface area contributed by atoms with Gasteiger partial charge in [-0.05, 0) is 18.6 Å². The number of piperidine rings is 1. The summed E-state index contributed by atoms with van der Waals surface area (Å²) in [6.07, 6.45) is 1.43. The molecule has 0 saturated carbocycles. The third-order valence-corrected chi connectivity index (χ3v) is 3.13. The number of nitrogen functional groups attached to an aromatic ring is 1. The van der Waals surface area contributed by atoms with Gasteiger partial charge in [0, 0.05) is 24.6 Å². The molecule has 1 aliphatic rings. The van der Waals surface area contributed by atoms with Crippen LogP contribution in [0.2, 0.25) is 0 Å². The van der Waals surface area contributed by atoms with Gasteiger partial charge in [0.2, 0.25) is 17.7 Å². The Morgan fingerprint density at radius 3 is 2.74 bits per heavy atom. The molecule has 0 spiro atoms. The highest BCUT2D eigenvalue weighted by Crippen LogP contribution is 2.21. The first-order valence-electron chi connectivity index (χ1n) is 6.11. The lowest BCUT2D eigenvalue weighted by molar-refractivity contribution is -0.149. The van der Waals surface area contributed by atoms with Crippen LogP contribution in [0, 0.1) is 0 Å². The number of oxazole rings is 1. The maximum Gasteiger partial charge on any atom is 0.229 e. The molecule has 6 heteroatoms. The summed E-state index contributed by atoms with van der Waals surface area (Å²) in [5.41, 5.74) is 7.47. The minimum absolute atomic E-state index is 0.0895. The highest BCUT2D eigenvalue weighted by Gasteiger charge is 2.27. The highest BCUT2D eigenvalue weighted by atomic mass is 16.3. The molecule has 0 aliphatic carbocycles. The second-order valence-electron chi connectivity index (χ2n) is 4.56. The van der Waals surface area contributed by atoms with Gasteiger partial charge in [0.05, 0.1) is 0 Å². The summed E-state index contributed by atoms with van der Waals surface area (Å²) in [5, 5.41) is 0. The van der Waals surface area contributed by atoms with E-state index in [0.717, 1.165) is 0 Å². The van der Waals surface area contributed by atoms with Crippen molar-refractivity contribution < 1.29 is 14.0 Å². The average molecular weight is 259 g/mol. The number of benzene rings is 1. The molecule has 1 fully saturated rings. The van der Waals surface area contributed by atoms with Gasteiger partial charge >= 0.3 is 0 Å². The molecule has 1 aromatic carbocycles. The standard InChI is InChI=1S/C13H13N3O3/c14-8-4-5-9-10(6-8)19-11(15-9)7-16-12(17)2-1-3-13(16)18/h4-6H,1-3,7,14H2. The molecule has 0 atom stereocenters. The normalized spacial score (nSPS) is 16.3. The second kappa shape index (κ2) is 4.38. The summed E-state index contributed by atoms with van der Waals surface area (Å²) in [4.78, 5) is 28.8. The van der Waals surface area contributed by atoms with E-state index < -0.39 is 0 Å². The zero-order valence-electron chi connectivity index (χ0n) is 10.3. The first-order chi connectivity index (χ1) is 9.13. The van der Waals surface area contributed by atoms with E-state index in [9.17, 15) is 9.59 Å². The van der Waals surface area contributed by atoms with Crippen LogP contribution in [0.1, 0.15) is 25.2 Å². The van der Waals surface area contributed by atoms with E-state index in [1.165, 1.54) is 4.90 Å². The van der Waals surface area contributed by atoms with Crippen molar-refractivity contribution in [2.24, 2.45) is 0 Å². The monoisotopic (exact) mass is 259 g/mol. The van der Waals surface area contributed by atoms with Crippen LogP contribution in [0.15, 0.2) is 22.6 Å². The van der Waals surface area contributed by atoms with Crippen LogP contribution >= 0.6 is 0 Å². The van der Waals surface area contributed by atoms with Gasteiger partial charge in [-0.1, -0.05) is 0 Å². The fourth-order valence-corrected chi connectivity index (χ4v) is 2.17. The van der Waals surface area contributed by atoms with Crippen LogP contribution in [0.3, 0.4) is 0 Å². The number of carbonyl (C=O) groups excluding carboxylic acids is 2. The molecule has 0 radical (unpaired) electrons. The van der Waals surface area contributed by atoms with Crippen LogP contribution in [-0.2, 0) is 16.1 Å². The molecule has 3 rings (SSSR count). The third-order valence-electron chi connectivity index (χ3n) is 3.13. The number of amides is 2. The van der Waals surface area contributed by atoms with Gasteiger partial charge < -0.3 is 10.2 Å². The van der Waals surface area contributed by atoms with E-state index in [4.69, 9.17) is 10.2 Å². The average Bonchev–Trinajstić information content (AvgIpc) is 2.75. The topological polar surface area (TPSA) is 89.4 Å². The summed E-state index contributed by atoms with van der Waals surface area (Å²) in [6.45, 7) is 0.0895. The van der Waals surface area contributed by atoms with E-state index in [2.05, 4.69) is 4.98 Å². The van der Waals surface area contributed by atoms with Crippen LogP contribution in [0.4, 0.5) is 5.69 Å². The van der Waals surface area contributed by atoms with E-state index in [-0.39, 0.29) is 18.4 Å². The van der Waals surface area contributed by atoms with Gasteiger partial charge in [0.25, 0.3) is 0 Å². The summed E-state index contributed by atoms with van der Waals surface area (Å²) in [6, 6.07) is 5.15. The maximum absolute atomic E-state index is 11.7. The third kappa shape index (κ3) is 2.16. The number of fused-ring (bicyclic) bond motifs is 1. The fourth-order valence-electron chi connectivity index (χ4n) is 2.17. The van der Waals surface area contributed by atoms with Gasteiger partial charge in [0.1, 0.15) is 12.1 Å². The lowest BCUT2D eigenvalue weighted by Gasteiger charge is -2.23. The number of hydrogen-bond donors (Lipinski definition) is 1. The number of nitrogens with zero attached hydrogens (tertiary/aromatic N) is 2. The van der Waals surface area contributed by atoms with Gasteiger partial charge in [-0.25, -0.2) is 4.98 Å². The summed E-state index contributed by atoms with van der Waals surface area (Å²) < 4.78 is 5.51. The van der Waals surface area contributed by atoms with Crippen molar-refractivity contribution in [3.8, 4) is 0 Å². The minimum atomic E-state index is -0.168. The molecule has 19 heavy (non-hydrogen) atoms. The second-order valence-corrected chi connectivity index (χ2v) is 4.56. The predicted molar refractivity (Wildman–Crippen MR) is 67.8 cm³/mol. The van der Waals surface area contributed by atoms with Crippen molar-refractivity contribution in [3.05, 3.63) is 24.1 Å². The van der Waals surface area contributed by atoms with E-state index in [1.807, 2.05) is 0 Å². The fraction of sp³-hybridized carbons (Fsp3) is 0.308. The smallest absolute Gasteiger partial charge is 0.229 e. The molecule has 2 N–H and O–H groups in total. The molecule has 98 valence electrons. The zero-order valence-corrected chi connectivity index (χ0v) is 10.3. The van der Waals surface area contributed by atoms with E-state index in [0.29, 0.717) is 41.9 Å². The number of nitrogens with two attached hydrogens (primary N) is 1. The Morgan fingerprint density at radius 1 is 1.26 bits per heavy atom. The number of rotatable bonds is 2. The zero-order chi connectivity index (χ0) is 13.4. The van der Waals surface area contributed by atoms with Crippen molar-refractivity contribution in [2.45, 2.75) is 25.8 Å². The van der Waals surface area contributed by atoms with Gasteiger partial charge in [-0.3, -0.25) is 14.5 Å². The first kappa shape index (κ1) is 11.7. The molecule has 2 aromatic rings. The number of likely N-dealkylation sites (tertiary alicyclic amines) is 1. The van der Waals surface area contributed by atoms with Crippen molar-refractivity contribution in [1.29, 1.82) is 0 Å². The van der Waals surface area contributed by atoms with Crippen molar-refractivity contribution in [1.82, 2.24) is 9.88 Å². The summed E-state index contributed by atoms with van der Waals surface area (Å²) in [5.74, 6) is 0.0141. The lowest BCUT2D eigenvalue weighted by atomic mass is 10.1. The van der Waals surface area contributed by atoms with E-state index >= 15 is 0 Å². The number of imide groups is 1. The van der Waals surface area contributed by atoms with Crippen LogP contribution in [0.25, 0.3) is 11.1 Å². The molecule has 0 unspecified atom stereocenters. The molecule has 1 saturated heterocycles. The number of aromatic nitrogens is 1. The Kier molecular flexibility index (Phi) is 2.70. The SMILES string of the molecule is Nc1ccc2nc(CN3C(=O)CCCC3=O)oc2c1. The molecule has 1 aromatic heterocycles. The molecule has 1 aliphatic heterocycles. The predicted octanol–water partition coefficient (Wildman–Crippen LogP) is 1.45. The highest BCUT2D eigenvalue weighted by molar-refractivity contribution is 5.97. The summed E-state index contributed by atoms with van der Waals surface area (Å²) >= 11 is 0. The summed E-state index contributed by atoms with van der Waals surface area (Å²) in [7, 11) is 0. The number of anilines is 1. The molecule has 0 bridgehead atoms.